The number of amides is 2. The SMILES string of the molecule is CC[C@H](C(=O)NC(C)C)N(Cc1ccccc1Cl)C(=O)Cc1ccc(Cl)c(Cl)c1. The van der Waals surface area contributed by atoms with Gasteiger partial charge in [0.05, 0.1) is 16.5 Å². The zero-order valence-electron chi connectivity index (χ0n) is 16.7. The Hall–Kier alpha value is -1.75. The van der Waals surface area contributed by atoms with Gasteiger partial charge in [0.15, 0.2) is 0 Å². The molecule has 1 N–H and O–H groups in total. The summed E-state index contributed by atoms with van der Waals surface area (Å²) < 4.78 is 0. The zero-order valence-corrected chi connectivity index (χ0v) is 19.0. The third-order valence-electron chi connectivity index (χ3n) is 4.45. The lowest BCUT2D eigenvalue weighted by molar-refractivity contribution is -0.141. The summed E-state index contributed by atoms with van der Waals surface area (Å²) in [4.78, 5) is 27.6. The first-order chi connectivity index (χ1) is 13.7. The van der Waals surface area contributed by atoms with E-state index >= 15 is 0 Å². The lowest BCUT2D eigenvalue weighted by atomic mass is 10.1. The highest BCUT2D eigenvalue weighted by molar-refractivity contribution is 6.42. The number of carbonyl (C=O) groups excluding carboxylic acids is 2. The summed E-state index contributed by atoms with van der Waals surface area (Å²) in [6.07, 6.45) is 0.586. The molecule has 0 bridgehead atoms. The summed E-state index contributed by atoms with van der Waals surface area (Å²) in [5.74, 6) is -0.369. The molecule has 0 heterocycles. The molecule has 0 saturated carbocycles. The number of hydrogen-bond donors (Lipinski definition) is 1. The van der Waals surface area contributed by atoms with Crippen molar-refractivity contribution in [2.24, 2.45) is 0 Å². The summed E-state index contributed by atoms with van der Waals surface area (Å²) in [5.41, 5.74) is 1.51. The van der Waals surface area contributed by atoms with Gasteiger partial charge < -0.3 is 10.2 Å². The van der Waals surface area contributed by atoms with Crippen LogP contribution in [0.3, 0.4) is 0 Å². The summed E-state index contributed by atoms with van der Waals surface area (Å²) in [6, 6.07) is 11.8. The van der Waals surface area contributed by atoms with Gasteiger partial charge in [-0.3, -0.25) is 9.59 Å². The lowest BCUT2D eigenvalue weighted by Gasteiger charge is -2.31. The average Bonchev–Trinajstić information content (AvgIpc) is 2.65. The van der Waals surface area contributed by atoms with Gasteiger partial charge in [-0.25, -0.2) is 0 Å². The number of benzene rings is 2. The Morgan fingerprint density at radius 1 is 1.00 bits per heavy atom. The van der Waals surface area contributed by atoms with Crippen molar-refractivity contribution in [1.82, 2.24) is 10.2 Å². The van der Waals surface area contributed by atoms with Gasteiger partial charge >= 0.3 is 0 Å². The molecule has 2 amide bonds. The van der Waals surface area contributed by atoms with E-state index in [0.29, 0.717) is 21.5 Å². The van der Waals surface area contributed by atoms with Crippen molar-refractivity contribution in [2.45, 2.75) is 52.2 Å². The number of nitrogens with zero attached hydrogens (tertiary/aromatic N) is 1. The molecule has 4 nitrogen and oxygen atoms in total. The van der Waals surface area contributed by atoms with Gasteiger partial charge in [0.2, 0.25) is 11.8 Å². The maximum Gasteiger partial charge on any atom is 0.243 e. The quantitative estimate of drug-likeness (QED) is 0.569. The summed E-state index contributed by atoms with van der Waals surface area (Å²) in [5, 5.41) is 4.28. The van der Waals surface area contributed by atoms with Gasteiger partial charge in [-0.05, 0) is 49.6 Å². The van der Waals surface area contributed by atoms with E-state index in [1.54, 1.807) is 29.2 Å². The minimum absolute atomic E-state index is 0.0242. The van der Waals surface area contributed by atoms with Crippen LogP contribution in [0.5, 0.6) is 0 Å². The molecule has 2 rings (SSSR count). The highest BCUT2D eigenvalue weighted by Gasteiger charge is 2.29. The van der Waals surface area contributed by atoms with Crippen molar-refractivity contribution in [2.75, 3.05) is 0 Å². The van der Waals surface area contributed by atoms with Crippen LogP contribution in [-0.4, -0.2) is 28.8 Å². The summed E-state index contributed by atoms with van der Waals surface area (Å²) in [6.45, 7) is 5.90. The van der Waals surface area contributed by atoms with Gasteiger partial charge in [-0.2, -0.15) is 0 Å². The van der Waals surface area contributed by atoms with E-state index in [2.05, 4.69) is 5.32 Å². The first-order valence-corrected chi connectivity index (χ1v) is 10.6. The molecule has 7 heteroatoms. The van der Waals surface area contributed by atoms with Crippen LogP contribution in [0.15, 0.2) is 42.5 Å². The fourth-order valence-electron chi connectivity index (χ4n) is 3.04. The third-order valence-corrected chi connectivity index (χ3v) is 5.56. The van der Waals surface area contributed by atoms with E-state index in [-0.39, 0.29) is 30.8 Å². The Morgan fingerprint density at radius 3 is 2.28 bits per heavy atom. The van der Waals surface area contributed by atoms with Crippen molar-refractivity contribution < 1.29 is 9.59 Å². The molecule has 0 aliphatic rings. The minimum Gasteiger partial charge on any atom is -0.352 e. The molecular formula is C22H25Cl3N2O2. The molecule has 0 spiro atoms. The Kier molecular flexibility index (Phi) is 8.81. The van der Waals surface area contributed by atoms with Crippen LogP contribution in [0, 0.1) is 0 Å². The van der Waals surface area contributed by atoms with Gasteiger partial charge in [-0.1, -0.05) is 66.0 Å². The number of nitrogens with one attached hydrogen (secondary N) is 1. The highest BCUT2D eigenvalue weighted by atomic mass is 35.5. The van der Waals surface area contributed by atoms with Crippen LogP contribution in [0.2, 0.25) is 15.1 Å². The predicted molar refractivity (Wildman–Crippen MR) is 120 cm³/mol. The van der Waals surface area contributed by atoms with E-state index in [9.17, 15) is 9.59 Å². The summed E-state index contributed by atoms with van der Waals surface area (Å²) >= 11 is 18.4. The Balaban J connectivity index is 2.33. The smallest absolute Gasteiger partial charge is 0.243 e. The normalized spacial score (nSPS) is 12.0. The molecule has 0 radical (unpaired) electrons. The number of carbonyl (C=O) groups is 2. The molecule has 156 valence electrons. The first kappa shape index (κ1) is 23.5. The van der Waals surface area contributed by atoms with Crippen LogP contribution in [-0.2, 0) is 22.6 Å². The Morgan fingerprint density at radius 2 is 1.69 bits per heavy atom. The molecule has 2 aromatic carbocycles. The molecule has 0 aliphatic carbocycles. The van der Waals surface area contributed by atoms with Crippen molar-refractivity contribution in [3.05, 3.63) is 68.7 Å². The molecule has 0 saturated heterocycles. The maximum absolute atomic E-state index is 13.2. The van der Waals surface area contributed by atoms with Crippen LogP contribution < -0.4 is 5.32 Å². The third kappa shape index (κ3) is 6.63. The van der Waals surface area contributed by atoms with E-state index < -0.39 is 6.04 Å². The molecule has 0 unspecified atom stereocenters. The number of rotatable bonds is 8. The molecule has 0 aromatic heterocycles. The molecule has 1 atom stereocenters. The second kappa shape index (κ2) is 10.9. The number of hydrogen-bond acceptors (Lipinski definition) is 2. The molecule has 0 fully saturated rings. The monoisotopic (exact) mass is 454 g/mol. The van der Waals surface area contributed by atoms with Crippen LogP contribution in [0.1, 0.15) is 38.3 Å². The van der Waals surface area contributed by atoms with E-state index in [1.807, 2.05) is 39.0 Å². The predicted octanol–water partition coefficient (Wildman–Crippen LogP) is 5.52. The van der Waals surface area contributed by atoms with Crippen molar-refractivity contribution >= 4 is 46.6 Å². The largest absolute Gasteiger partial charge is 0.352 e. The zero-order chi connectivity index (χ0) is 21.6. The van der Waals surface area contributed by atoms with Crippen LogP contribution in [0.4, 0.5) is 0 Å². The number of halogens is 3. The lowest BCUT2D eigenvalue weighted by Crippen LogP contribution is -2.50. The fourth-order valence-corrected chi connectivity index (χ4v) is 3.55. The second-order valence-corrected chi connectivity index (χ2v) is 8.35. The van der Waals surface area contributed by atoms with E-state index in [1.165, 1.54) is 0 Å². The molecule has 2 aromatic rings. The van der Waals surface area contributed by atoms with Gasteiger partial charge in [-0.15, -0.1) is 0 Å². The Labute approximate surface area is 187 Å². The molecule has 0 aliphatic heterocycles. The average molecular weight is 456 g/mol. The standard InChI is InChI=1S/C22H25Cl3N2O2/c1-4-20(22(29)26-14(2)3)27(13-16-7-5-6-8-17(16)23)21(28)12-15-9-10-18(24)19(25)11-15/h5-11,14,20H,4,12-13H2,1-3H3,(H,26,29)/t20-/m1/s1. The van der Waals surface area contributed by atoms with Crippen LogP contribution >= 0.6 is 34.8 Å². The second-order valence-electron chi connectivity index (χ2n) is 7.13. The van der Waals surface area contributed by atoms with Crippen molar-refractivity contribution in [1.29, 1.82) is 0 Å². The maximum atomic E-state index is 13.2. The fraction of sp³-hybridized carbons (Fsp3) is 0.364. The van der Waals surface area contributed by atoms with Crippen molar-refractivity contribution in [3.63, 3.8) is 0 Å². The van der Waals surface area contributed by atoms with E-state index in [4.69, 9.17) is 34.8 Å². The first-order valence-electron chi connectivity index (χ1n) is 9.50. The van der Waals surface area contributed by atoms with Crippen LogP contribution in [0.25, 0.3) is 0 Å². The topological polar surface area (TPSA) is 49.4 Å². The summed E-state index contributed by atoms with van der Waals surface area (Å²) in [7, 11) is 0. The van der Waals surface area contributed by atoms with Gasteiger partial charge in [0.25, 0.3) is 0 Å². The molecule has 29 heavy (non-hydrogen) atoms. The van der Waals surface area contributed by atoms with E-state index in [0.717, 1.165) is 11.1 Å². The Bertz CT molecular complexity index is 871. The highest BCUT2D eigenvalue weighted by Crippen LogP contribution is 2.24. The van der Waals surface area contributed by atoms with Gasteiger partial charge in [0, 0.05) is 17.6 Å². The molecular weight excluding hydrogens is 431 g/mol. The minimum atomic E-state index is -0.607. The van der Waals surface area contributed by atoms with Gasteiger partial charge in [0.1, 0.15) is 6.04 Å². The van der Waals surface area contributed by atoms with Crippen molar-refractivity contribution in [3.8, 4) is 0 Å².